The molecule has 0 aliphatic rings. The van der Waals surface area contributed by atoms with Crippen LogP contribution in [0.25, 0.3) is 22.5 Å². The largest absolute Gasteiger partial charge is 1.00 e. The average Bonchev–Trinajstić information content (AvgIpc) is 3.97. The van der Waals surface area contributed by atoms with Crippen molar-refractivity contribution < 1.29 is 78.5 Å². The van der Waals surface area contributed by atoms with E-state index in [0.717, 1.165) is 28.0 Å². The number of hydrogen-bond donors (Lipinski definition) is 3. The van der Waals surface area contributed by atoms with Crippen molar-refractivity contribution in [2.45, 2.75) is 72.5 Å². The van der Waals surface area contributed by atoms with Crippen LogP contribution < -0.4 is 29.5 Å². The van der Waals surface area contributed by atoms with Crippen molar-refractivity contribution in [3.05, 3.63) is 166 Å². The van der Waals surface area contributed by atoms with Crippen molar-refractivity contribution in [1.82, 2.24) is 19.9 Å². The van der Waals surface area contributed by atoms with Gasteiger partial charge in [-0.25, -0.2) is 37.9 Å². The molecule has 0 aliphatic heterocycles. The molecule has 24 heteroatoms. The van der Waals surface area contributed by atoms with Crippen LogP contribution in [0.2, 0.25) is 0 Å². The minimum atomic E-state index is -4.72. The number of rotatable bonds is 16. The number of aromatic nitrogens is 4. The Bertz CT molecular complexity index is 3350. The molecule has 4 heterocycles. The standard InChI is InChI=1S/C27H24F3N3O3S2.C26H22F3N3O3S2.Li.H2O/c1-16(2)13-22-23(17-9-11-20(12-10-17)38(35)19-7-5-4-6-8-19)32-26(37-22)33-24-21(25(34)36-3)14-18(15-31-24)27(28,29)30;1-15(2)12-21-22(16-8-10-19(11-9-16)37(35)18-6-4-3-5-7-18)31-25(36-21)32-23-20(24(33)34)13-17(14-30-23)26(27,28)29;;/h4-12,14-16H,13H2,1-3H3,(H,31,32,33);3-11,13-15H,12H2,1-2H3,(H,33,34)(H,30,31,32);;1H2/q;;+1;/p-1. The summed E-state index contributed by atoms with van der Waals surface area (Å²) in [6.45, 7) is 8.22. The van der Waals surface area contributed by atoms with Gasteiger partial charge in [0.05, 0.1) is 51.2 Å². The third kappa shape index (κ3) is 15.8. The predicted molar refractivity (Wildman–Crippen MR) is 280 cm³/mol. The molecule has 0 saturated carbocycles. The number of ether oxygens (including phenoxy) is 1. The molecule has 2 atom stereocenters. The van der Waals surface area contributed by atoms with E-state index in [1.807, 2.05) is 74.5 Å². The van der Waals surface area contributed by atoms with Gasteiger partial charge >= 0.3 is 43.2 Å². The van der Waals surface area contributed by atoms with E-state index in [0.29, 0.717) is 84.5 Å². The molecule has 398 valence electrons. The van der Waals surface area contributed by atoms with Crippen molar-refractivity contribution in [3.63, 3.8) is 0 Å². The van der Waals surface area contributed by atoms with E-state index < -0.39 is 62.6 Å². The molecule has 2 unspecified atom stereocenters. The molecule has 77 heavy (non-hydrogen) atoms. The number of carboxylic acids is 1. The van der Waals surface area contributed by atoms with Crippen LogP contribution in [-0.2, 0) is 51.5 Å². The van der Waals surface area contributed by atoms with E-state index in [2.05, 4.69) is 49.2 Å². The molecule has 4 aromatic carbocycles. The molecule has 4 N–H and O–H groups in total. The molecule has 0 amide bonds. The smallest absolute Gasteiger partial charge is 0.870 e. The van der Waals surface area contributed by atoms with E-state index in [1.165, 1.54) is 22.7 Å². The zero-order chi connectivity index (χ0) is 54.2. The molecule has 8 rings (SSSR count). The Kier molecular flexibility index (Phi) is 21.2. The summed E-state index contributed by atoms with van der Waals surface area (Å²) in [5.41, 5.74) is -0.251. The van der Waals surface area contributed by atoms with Crippen LogP contribution in [-0.4, -0.2) is 58.0 Å². The second kappa shape index (κ2) is 26.7. The summed E-state index contributed by atoms with van der Waals surface area (Å²) in [5, 5.41) is 15.8. The number of aromatic carboxylic acids is 1. The van der Waals surface area contributed by atoms with Gasteiger partial charge in [-0.1, -0.05) is 88.4 Å². The fourth-order valence-electron chi connectivity index (χ4n) is 7.18. The van der Waals surface area contributed by atoms with Gasteiger partial charge in [0.25, 0.3) is 0 Å². The third-order valence-electron chi connectivity index (χ3n) is 10.7. The van der Waals surface area contributed by atoms with Gasteiger partial charge in [-0.05, 0) is 85.3 Å². The number of esters is 1. The Morgan fingerprint density at radius 1 is 0.597 bits per heavy atom. The number of benzene rings is 4. The van der Waals surface area contributed by atoms with Gasteiger partial charge in [0.15, 0.2) is 10.3 Å². The molecule has 0 bridgehead atoms. The van der Waals surface area contributed by atoms with Crippen LogP contribution in [0.4, 0.5) is 48.2 Å². The van der Waals surface area contributed by atoms with Crippen LogP contribution in [0.3, 0.4) is 0 Å². The Hall–Kier alpha value is -6.58. The van der Waals surface area contributed by atoms with E-state index in [4.69, 9.17) is 0 Å². The molecular weight excluding hydrogens is 1080 g/mol. The number of carbonyl (C=O) groups excluding carboxylic acids is 1. The number of methoxy groups -OCH3 is 1. The van der Waals surface area contributed by atoms with E-state index in [9.17, 15) is 49.5 Å². The topological polar surface area (TPSA) is 203 Å². The van der Waals surface area contributed by atoms with E-state index in [1.54, 1.807) is 48.5 Å². The van der Waals surface area contributed by atoms with Gasteiger partial charge < -0.3 is 26.0 Å². The Labute approximate surface area is 464 Å². The maximum absolute atomic E-state index is 13.2. The minimum Gasteiger partial charge on any atom is -0.870 e. The molecule has 0 aliphatic carbocycles. The van der Waals surface area contributed by atoms with Crippen molar-refractivity contribution in [2.75, 3.05) is 17.7 Å². The number of nitrogens with one attached hydrogen (secondary N) is 2. The number of carbonyl (C=O) groups is 2. The van der Waals surface area contributed by atoms with Crippen LogP contribution >= 0.6 is 22.7 Å². The summed E-state index contributed by atoms with van der Waals surface area (Å²) >= 11 is 2.60. The fraction of sp³-hybridized carbons (Fsp3) is 0.208. The van der Waals surface area contributed by atoms with Gasteiger partial charge in [0, 0.05) is 52.9 Å². The van der Waals surface area contributed by atoms with Crippen molar-refractivity contribution in [3.8, 4) is 22.5 Å². The first-order chi connectivity index (χ1) is 35.6. The van der Waals surface area contributed by atoms with E-state index >= 15 is 0 Å². The summed E-state index contributed by atoms with van der Waals surface area (Å²) in [6, 6.07) is 33.9. The summed E-state index contributed by atoms with van der Waals surface area (Å²) in [7, 11) is -1.58. The van der Waals surface area contributed by atoms with Crippen molar-refractivity contribution in [1.29, 1.82) is 0 Å². The number of alkyl halides is 6. The van der Waals surface area contributed by atoms with Gasteiger partial charge in [0.2, 0.25) is 0 Å². The second-order valence-electron chi connectivity index (χ2n) is 17.3. The van der Waals surface area contributed by atoms with Gasteiger partial charge in [-0.2, -0.15) is 26.3 Å². The monoisotopic (exact) mass is 1130 g/mol. The van der Waals surface area contributed by atoms with Crippen LogP contribution in [0.15, 0.2) is 153 Å². The maximum atomic E-state index is 13.2. The molecule has 0 saturated heterocycles. The summed E-state index contributed by atoms with van der Waals surface area (Å²) in [5.74, 6) is -2.22. The quantitative estimate of drug-likeness (QED) is 0.0469. The Morgan fingerprint density at radius 3 is 1.29 bits per heavy atom. The molecule has 13 nitrogen and oxygen atoms in total. The molecule has 8 aromatic rings. The first kappa shape index (κ1) is 61.3. The molecule has 0 spiro atoms. The predicted octanol–water partition coefficient (Wildman–Crippen LogP) is 11.0. The fourth-order valence-corrected chi connectivity index (χ4v) is 11.7. The van der Waals surface area contributed by atoms with Crippen molar-refractivity contribution >= 4 is 78.1 Å². The SMILES string of the molecule is CC(C)Cc1sc(Nc2ncc(C(F)(F)F)cc2C(=O)O)nc1-c1ccc(S(=O)c2ccccc2)cc1.COC(=O)c1cc(C(F)(F)F)cnc1Nc1nc(-c2ccc(S(=O)c3ccccc3)cc2)c(CC(C)C)s1.[Li+].[OH-]. The molecule has 4 aromatic heterocycles. The zero-order valence-electron chi connectivity index (χ0n) is 41.9. The number of carboxylic acid groups (broad SMARTS) is 1. The van der Waals surface area contributed by atoms with Crippen molar-refractivity contribution in [2.24, 2.45) is 11.8 Å². The minimum absolute atomic E-state index is 0. The number of anilines is 4. The molecule has 0 radical (unpaired) electrons. The van der Waals surface area contributed by atoms with Crippen LogP contribution in [0.1, 0.15) is 69.3 Å². The second-order valence-corrected chi connectivity index (χ2v) is 22.4. The van der Waals surface area contributed by atoms with Gasteiger partial charge in [0.1, 0.15) is 22.8 Å². The van der Waals surface area contributed by atoms with Gasteiger partial charge in [-0.15, -0.1) is 22.7 Å². The first-order valence-corrected chi connectivity index (χ1v) is 26.7. The summed E-state index contributed by atoms with van der Waals surface area (Å²) in [6.07, 6.45) is -6.75. The van der Waals surface area contributed by atoms with Crippen LogP contribution in [0.5, 0.6) is 0 Å². The van der Waals surface area contributed by atoms with Crippen LogP contribution in [0, 0.1) is 11.8 Å². The zero-order valence-corrected chi connectivity index (χ0v) is 45.2. The average molecular weight is 1130 g/mol. The molecule has 0 fully saturated rings. The number of thiazole rings is 2. The van der Waals surface area contributed by atoms with E-state index in [-0.39, 0.29) is 47.5 Å². The number of pyridine rings is 2. The Balaban J connectivity index is 0.000000277. The maximum Gasteiger partial charge on any atom is 1.00 e. The van der Waals surface area contributed by atoms with Gasteiger partial charge in [-0.3, -0.25) is 0 Å². The normalized spacial score (nSPS) is 12.1. The number of hydrogen-bond acceptors (Lipinski definition) is 14. The number of nitrogens with zero attached hydrogens (tertiary/aromatic N) is 4. The molecular formula is C53H47F6LiN6O7S4. The summed E-state index contributed by atoms with van der Waals surface area (Å²) < 4.78 is 109. The Morgan fingerprint density at radius 2 is 0.948 bits per heavy atom. The number of halogens is 6. The third-order valence-corrected chi connectivity index (χ3v) is 15.5. The first-order valence-electron chi connectivity index (χ1n) is 22.7. The summed E-state index contributed by atoms with van der Waals surface area (Å²) in [4.78, 5) is 45.2.